The molecule has 8 nitrogen and oxygen atoms in total. The zero-order valence-corrected chi connectivity index (χ0v) is 13.8. The summed E-state index contributed by atoms with van der Waals surface area (Å²) in [5.41, 5.74) is 0.797. The summed E-state index contributed by atoms with van der Waals surface area (Å²) in [4.78, 5) is 40.9. The molecule has 0 fully saturated rings. The monoisotopic (exact) mass is 321 g/mol. The molecule has 1 heterocycles. The first-order valence-electron chi connectivity index (χ1n) is 7.36. The minimum absolute atomic E-state index is 0.000391. The van der Waals surface area contributed by atoms with Crippen LogP contribution in [0.15, 0.2) is 18.2 Å². The van der Waals surface area contributed by atoms with E-state index in [1.807, 2.05) is 13.0 Å². The quantitative estimate of drug-likeness (QED) is 0.708. The first-order chi connectivity index (χ1) is 10.8. The number of pyridine rings is 1. The van der Waals surface area contributed by atoms with Crippen LogP contribution in [-0.4, -0.2) is 53.9 Å². The van der Waals surface area contributed by atoms with Crippen molar-refractivity contribution in [3.8, 4) is 0 Å². The zero-order chi connectivity index (χ0) is 17.4. The van der Waals surface area contributed by atoms with E-state index < -0.39 is 18.0 Å². The number of carbonyl (C=O) groups excluding carboxylic acids is 3. The van der Waals surface area contributed by atoms with Crippen LogP contribution in [0.3, 0.4) is 0 Å². The summed E-state index contributed by atoms with van der Waals surface area (Å²) in [6.07, 6.45) is 0. The zero-order valence-electron chi connectivity index (χ0n) is 13.8. The summed E-state index contributed by atoms with van der Waals surface area (Å²) in [6.45, 7) is 5.63. The van der Waals surface area contributed by atoms with Crippen LogP contribution in [0.2, 0.25) is 0 Å². The van der Waals surface area contributed by atoms with Crippen molar-refractivity contribution in [1.82, 2.24) is 20.5 Å². The molecule has 0 aliphatic rings. The van der Waals surface area contributed by atoms with E-state index in [4.69, 9.17) is 0 Å². The minimum Gasteiger partial charge on any atom is -0.338 e. The molecular formula is C15H23N5O3. The lowest BCUT2D eigenvalue weighted by Gasteiger charge is -2.22. The van der Waals surface area contributed by atoms with Crippen molar-refractivity contribution in [2.24, 2.45) is 0 Å². The smallest absolute Gasteiger partial charge is 0.321 e. The Morgan fingerprint density at radius 2 is 2.00 bits per heavy atom. The van der Waals surface area contributed by atoms with E-state index in [1.165, 1.54) is 0 Å². The second-order valence-electron chi connectivity index (χ2n) is 5.15. The highest BCUT2D eigenvalue weighted by atomic mass is 16.2. The van der Waals surface area contributed by atoms with E-state index in [0.29, 0.717) is 12.4 Å². The Morgan fingerprint density at radius 3 is 2.61 bits per heavy atom. The van der Waals surface area contributed by atoms with Gasteiger partial charge in [-0.1, -0.05) is 6.07 Å². The molecule has 1 aromatic rings. The normalized spacial score (nSPS) is 11.7. The van der Waals surface area contributed by atoms with Crippen LogP contribution in [0, 0.1) is 6.92 Å². The fraction of sp³-hybridized carbons (Fsp3) is 0.467. The van der Waals surface area contributed by atoms with E-state index in [1.54, 1.807) is 37.9 Å². The molecule has 1 atom stereocenters. The maximum Gasteiger partial charge on any atom is 0.321 e. The summed E-state index contributed by atoms with van der Waals surface area (Å²) in [7, 11) is 1.63. The number of imide groups is 1. The lowest BCUT2D eigenvalue weighted by atomic mass is 10.2. The van der Waals surface area contributed by atoms with Crippen LogP contribution < -0.4 is 16.0 Å². The van der Waals surface area contributed by atoms with E-state index in [-0.39, 0.29) is 12.5 Å². The molecule has 0 radical (unpaired) electrons. The van der Waals surface area contributed by atoms with Crippen molar-refractivity contribution in [3.05, 3.63) is 23.9 Å². The van der Waals surface area contributed by atoms with Gasteiger partial charge in [0.05, 0.1) is 12.6 Å². The second-order valence-corrected chi connectivity index (χ2v) is 5.15. The molecule has 1 rings (SSSR count). The van der Waals surface area contributed by atoms with Gasteiger partial charge in [-0.3, -0.25) is 19.8 Å². The third-order valence-corrected chi connectivity index (χ3v) is 3.16. The van der Waals surface area contributed by atoms with Crippen molar-refractivity contribution in [2.45, 2.75) is 26.8 Å². The molecule has 126 valence electrons. The summed E-state index contributed by atoms with van der Waals surface area (Å²) in [5.74, 6) is -0.300. The van der Waals surface area contributed by atoms with Crippen LogP contribution in [0.1, 0.15) is 19.5 Å². The minimum atomic E-state index is -0.631. The van der Waals surface area contributed by atoms with Crippen LogP contribution >= 0.6 is 0 Å². The fourth-order valence-electron chi connectivity index (χ4n) is 1.78. The van der Waals surface area contributed by atoms with Gasteiger partial charge in [-0.15, -0.1) is 0 Å². The third kappa shape index (κ3) is 6.43. The number of hydrogen-bond acceptors (Lipinski definition) is 5. The molecule has 0 unspecified atom stereocenters. The second kappa shape index (κ2) is 8.84. The Labute approximate surface area is 135 Å². The van der Waals surface area contributed by atoms with E-state index in [2.05, 4.69) is 20.9 Å². The van der Waals surface area contributed by atoms with Crippen LogP contribution in [0.4, 0.5) is 10.6 Å². The standard InChI is InChI=1S/C15H23N5O3/c1-5-16-15(23)19-14(22)11(3)20(4)9-13(21)18-12-8-6-7-10(2)17-12/h6-8,11H,5,9H2,1-4H3,(H,17,18,21)(H2,16,19,22,23)/t11-/m1/s1. The number of aryl methyl sites for hydroxylation is 1. The Kier molecular flexibility index (Phi) is 7.14. The summed E-state index contributed by atoms with van der Waals surface area (Å²) in [6, 6.07) is 4.13. The highest BCUT2D eigenvalue weighted by Gasteiger charge is 2.21. The fourth-order valence-corrected chi connectivity index (χ4v) is 1.78. The van der Waals surface area contributed by atoms with Crippen molar-refractivity contribution in [1.29, 1.82) is 0 Å². The lowest BCUT2D eigenvalue weighted by molar-refractivity contribution is -0.125. The Bertz CT molecular complexity index is 576. The number of hydrogen-bond donors (Lipinski definition) is 3. The SMILES string of the molecule is CCNC(=O)NC(=O)[C@@H](C)N(C)CC(=O)Nc1cccc(C)n1. The highest BCUT2D eigenvalue weighted by Crippen LogP contribution is 2.04. The maximum absolute atomic E-state index is 12.0. The first kappa shape index (κ1) is 18.6. The predicted octanol–water partition coefficient (Wildman–Crippen LogP) is 0.495. The summed E-state index contributed by atoms with van der Waals surface area (Å²) in [5, 5.41) is 7.36. The molecule has 4 amide bonds. The number of anilines is 1. The molecule has 1 aromatic heterocycles. The van der Waals surface area contributed by atoms with Crippen molar-refractivity contribution >= 4 is 23.7 Å². The molecule has 0 aliphatic carbocycles. The van der Waals surface area contributed by atoms with Crippen LogP contribution in [-0.2, 0) is 9.59 Å². The van der Waals surface area contributed by atoms with Gasteiger partial charge in [-0.05, 0) is 40.0 Å². The average Bonchev–Trinajstić information content (AvgIpc) is 2.46. The van der Waals surface area contributed by atoms with Crippen molar-refractivity contribution in [2.75, 3.05) is 25.5 Å². The number of likely N-dealkylation sites (N-methyl/N-ethyl adjacent to an activating group) is 1. The maximum atomic E-state index is 12.0. The highest BCUT2D eigenvalue weighted by molar-refractivity contribution is 5.97. The van der Waals surface area contributed by atoms with E-state index in [9.17, 15) is 14.4 Å². The topological polar surface area (TPSA) is 103 Å². The Morgan fingerprint density at radius 1 is 1.30 bits per heavy atom. The van der Waals surface area contributed by atoms with Crippen molar-refractivity contribution < 1.29 is 14.4 Å². The number of aromatic nitrogens is 1. The number of rotatable bonds is 6. The van der Waals surface area contributed by atoms with Gasteiger partial charge in [0, 0.05) is 12.2 Å². The van der Waals surface area contributed by atoms with Gasteiger partial charge in [0.25, 0.3) is 0 Å². The van der Waals surface area contributed by atoms with Gasteiger partial charge >= 0.3 is 6.03 Å². The molecule has 0 spiro atoms. The Hall–Kier alpha value is -2.48. The first-order valence-corrected chi connectivity index (χ1v) is 7.36. The van der Waals surface area contributed by atoms with Crippen molar-refractivity contribution in [3.63, 3.8) is 0 Å². The van der Waals surface area contributed by atoms with Gasteiger partial charge in [0.2, 0.25) is 11.8 Å². The third-order valence-electron chi connectivity index (χ3n) is 3.16. The van der Waals surface area contributed by atoms with Crippen LogP contribution in [0.5, 0.6) is 0 Å². The molecule has 0 saturated carbocycles. The van der Waals surface area contributed by atoms with Gasteiger partial charge in [0.1, 0.15) is 5.82 Å². The number of amides is 4. The summed E-state index contributed by atoms with van der Waals surface area (Å²) < 4.78 is 0. The molecule has 0 aromatic carbocycles. The molecule has 0 bridgehead atoms. The van der Waals surface area contributed by atoms with Gasteiger partial charge < -0.3 is 10.6 Å². The van der Waals surface area contributed by atoms with E-state index in [0.717, 1.165) is 5.69 Å². The van der Waals surface area contributed by atoms with Gasteiger partial charge in [-0.2, -0.15) is 0 Å². The lowest BCUT2D eigenvalue weighted by Crippen LogP contribution is -2.50. The number of urea groups is 1. The number of nitrogens with zero attached hydrogens (tertiary/aromatic N) is 2. The van der Waals surface area contributed by atoms with Crippen LogP contribution in [0.25, 0.3) is 0 Å². The van der Waals surface area contributed by atoms with E-state index >= 15 is 0 Å². The molecule has 23 heavy (non-hydrogen) atoms. The number of carbonyl (C=O) groups is 3. The molecule has 8 heteroatoms. The average molecular weight is 321 g/mol. The Balaban J connectivity index is 2.50. The summed E-state index contributed by atoms with van der Waals surface area (Å²) >= 11 is 0. The van der Waals surface area contributed by atoms with Gasteiger partial charge in [-0.25, -0.2) is 9.78 Å². The predicted molar refractivity (Wildman–Crippen MR) is 86.9 cm³/mol. The molecule has 3 N–H and O–H groups in total. The molecule has 0 saturated heterocycles. The number of nitrogens with one attached hydrogen (secondary N) is 3. The molecule has 0 aliphatic heterocycles. The van der Waals surface area contributed by atoms with Gasteiger partial charge in [0.15, 0.2) is 0 Å². The largest absolute Gasteiger partial charge is 0.338 e. The molecular weight excluding hydrogens is 298 g/mol.